The van der Waals surface area contributed by atoms with Crippen molar-refractivity contribution in [2.24, 2.45) is 5.73 Å². The molecule has 0 aliphatic heterocycles. The van der Waals surface area contributed by atoms with E-state index in [9.17, 15) is 24.0 Å². The van der Waals surface area contributed by atoms with Gasteiger partial charge in [0.15, 0.2) is 0 Å². The van der Waals surface area contributed by atoms with Gasteiger partial charge in [0.25, 0.3) is 0 Å². The summed E-state index contributed by atoms with van der Waals surface area (Å²) in [6.07, 6.45) is 2.62. The van der Waals surface area contributed by atoms with E-state index in [-0.39, 0.29) is 15.7 Å². The number of hydrogen-bond acceptors (Lipinski definition) is 6. The van der Waals surface area contributed by atoms with Crippen molar-refractivity contribution in [3.8, 4) is 0 Å². The molecule has 0 rings (SSSR count). The zero-order chi connectivity index (χ0) is 22.1. The molecule has 0 atom stereocenters. The molecule has 0 radical (unpaired) electrons. The summed E-state index contributed by atoms with van der Waals surface area (Å²) in [6.45, 7) is 13.9. The van der Waals surface area contributed by atoms with Crippen LogP contribution in [0.3, 0.4) is 0 Å². The van der Waals surface area contributed by atoms with Crippen molar-refractivity contribution in [1.29, 1.82) is 0 Å². The van der Waals surface area contributed by atoms with E-state index >= 15 is 0 Å². The molecule has 11 nitrogen and oxygen atoms in total. The van der Waals surface area contributed by atoms with Gasteiger partial charge in [-0.2, -0.15) is 0 Å². The van der Waals surface area contributed by atoms with Gasteiger partial charge in [0.1, 0.15) is 0 Å². The molecule has 0 aliphatic carbocycles. The number of halogens is 1. The summed E-state index contributed by atoms with van der Waals surface area (Å²) in [5.41, 5.74) is 4.54. The maximum Gasteiger partial charge on any atom is 0.404 e. The Morgan fingerprint density at radius 3 is 0.893 bits per heavy atom. The van der Waals surface area contributed by atoms with Crippen molar-refractivity contribution in [3.63, 3.8) is 0 Å². The quantitative estimate of drug-likeness (QED) is 0.288. The van der Waals surface area contributed by atoms with Crippen molar-refractivity contribution in [2.75, 3.05) is 6.61 Å². The molecule has 1 amide bonds. The van der Waals surface area contributed by atoms with E-state index in [0.29, 0.717) is 6.61 Å². The van der Waals surface area contributed by atoms with E-state index in [1.165, 1.54) is 0 Å². The molecular formula is C15H28FNO10Si. The lowest BCUT2D eigenvalue weighted by Gasteiger charge is -1.89. The van der Waals surface area contributed by atoms with Crippen molar-refractivity contribution in [2.45, 2.75) is 6.92 Å². The average Bonchev–Trinajstić information content (AvgIpc) is 2.56. The predicted molar refractivity (Wildman–Crippen MR) is 106 cm³/mol. The Balaban J connectivity index is -0.0000000388. The molecule has 0 saturated carbocycles. The van der Waals surface area contributed by atoms with Crippen LogP contribution in [0.1, 0.15) is 6.92 Å². The summed E-state index contributed by atoms with van der Waals surface area (Å²) in [4.78, 5) is 46.6. The second-order valence-electron chi connectivity index (χ2n) is 2.92. The number of amides is 1. The highest BCUT2D eigenvalue weighted by Gasteiger charge is 1.82. The zero-order valence-electron chi connectivity index (χ0n) is 14.6. The first-order valence-electron chi connectivity index (χ1n) is 6.19. The number of rotatable bonds is 5. The number of ether oxygens (including phenoxy) is 1. The van der Waals surface area contributed by atoms with Crippen molar-refractivity contribution < 1.29 is 53.8 Å². The Labute approximate surface area is 165 Å². The number of aliphatic carboxylic acids is 4. The fraction of sp³-hybridized carbons (Fsp3) is 0.133. The molecule has 0 saturated heterocycles. The lowest BCUT2D eigenvalue weighted by molar-refractivity contribution is -0.132. The van der Waals surface area contributed by atoms with Crippen molar-refractivity contribution in [1.82, 2.24) is 0 Å². The molecule has 0 aromatic heterocycles. The summed E-state index contributed by atoms with van der Waals surface area (Å²) in [6, 6.07) is 0. The molecule has 6 N–H and O–H groups in total. The average molecular weight is 429 g/mol. The second kappa shape index (κ2) is 38.7. The van der Waals surface area contributed by atoms with Gasteiger partial charge >= 0.3 is 30.0 Å². The van der Waals surface area contributed by atoms with Crippen LogP contribution in [-0.2, 0) is 23.9 Å². The summed E-state index contributed by atoms with van der Waals surface area (Å²) in [5.74, 6) is -3.93. The monoisotopic (exact) mass is 429 g/mol. The van der Waals surface area contributed by atoms with E-state index in [1.54, 1.807) is 6.92 Å². The van der Waals surface area contributed by atoms with Crippen LogP contribution in [0.4, 0.5) is 9.50 Å². The summed E-state index contributed by atoms with van der Waals surface area (Å²) in [5, 5.41) is 30.4. The molecule has 13 heteroatoms. The summed E-state index contributed by atoms with van der Waals surface area (Å²) in [7, 11) is 0. The molecule has 164 valence electrons. The van der Waals surface area contributed by atoms with E-state index in [2.05, 4.69) is 36.8 Å². The van der Waals surface area contributed by atoms with Crippen molar-refractivity contribution >= 4 is 40.9 Å². The third-order valence-electron chi connectivity index (χ3n) is 0.985. The van der Waals surface area contributed by atoms with E-state index in [0.717, 1.165) is 24.3 Å². The van der Waals surface area contributed by atoms with Crippen LogP contribution in [0.25, 0.3) is 0 Å². The Bertz CT molecular complexity index is 423. The number of carbonyl (C=O) groups is 5. The zero-order valence-corrected chi connectivity index (χ0v) is 14.6. The highest BCUT2D eigenvalue weighted by atomic mass is 28.1. The minimum atomic E-state index is -0.981. The number of primary amides is 1. The number of nitrogens with two attached hydrogens (primary N) is 1. The summed E-state index contributed by atoms with van der Waals surface area (Å²) >= 11 is 0. The van der Waals surface area contributed by atoms with Crippen LogP contribution in [-0.4, -0.2) is 68.0 Å². The molecule has 0 heterocycles. The maximum atomic E-state index is 9.60. The van der Waals surface area contributed by atoms with Crippen LogP contribution in [0.2, 0.25) is 0 Å². The minimum absolute atomic E-state index is 0. The molecule has 0 aromatic rings. The highest BCUT2D eigenvalue weighted by Crippen LogP contribution is 1.66. The molecule has 0 fully saturated rings. The Morgan fingerprint density at radius 2 is 0.893 bits per heavy atom. The Morgan fingerprint density at radius 1 is 0.750 bits per heavy atom. The third kappa shape index (κ3) is 191. The molecular weight excluding hydrogens is 401 g/mol. The van der Waals surface area contributed by atoms with Crippen LogP contribution >= 0.6 is 0 Å². The first kappa shape index (κ1) is 44.1. The van der Waals surface area contributed by atoms with E-state index in [1.807, 2.05) is 0 Å². The second-order valence-corrected chi connectivity index (χ2v) is 2.92. The van der Waals surface area contributed by atoms with Gasteiger partial charge in [0.2, 0.25) is 0 Å². The largest absolute Gasteiger partial charge is 0.478 e. The standard InChI is InChI=1S/C3H7NO2.4C3H4O2.FH.H4Si/c1-2-6-3(4)5;4*1-2-3(4)5;;/h2H2,1H3,(H2,4,5);4*2H,1H2,(H,4,5);1H;1H4. The first-order chi connectivity index (χ1) is 11.9. The highest BCUT2D eigenvalue weighted by molar-refractivity contribution is 5.79. The minimum Gasteiger partial charge on any atom is -0.478 e. The third-order valence-corrected chi connectivity index (χ3v) is 0.985. The topological polar surface area (TPSA) is 202 Å². The smallest absolute Gasteiger partial charge is 0.404 e. The van der Waals surface area contributed by atoms with Crippen LogP contribution in [0.15, 0.2) is 50.6 Å². The summed E-state index contributed by atoms with van der Waals surface area (Å²) < 4.78 is 4.18. The Hall–Kier alpha value is -3.74. The van der Waals surface area contributed by atoms with Crippen molar-refractivity contribution in [3.05, 3.63) is 50.6 Å². The van der Waals surface area contributed by atoms with Gasteiger partial charge in [0, 0.05) is 24.3 Å². The number of hydrogen-bond donors (Lipinski definition) is 5. The molecule has 0 bridgehead atoms. The maximum absolute atomic E-state index is 9.60. The molecule has 0 aliphatic rings. The van der Waals surface area contributed by atoms with Crippen LogP contribution in [0.5, 0.6) is 0 Å². The van der Waals surface area contributed by atoms with E-state index < -0.39 is 30.0 Å². The van der Waals surface area contributed by atoms with Gasteiger partial charge in [-0.15, -0.1) is 0 Å². The SMILES string of the molecule is C=CC(=O)O.C=CC(=O)O.C=CC(=O)O.C=CC(=O)O.CCOC(N)=O.F.[SiH4]. The van der Waals surface area contributed by atoms with Gasteiger partial charge < -0.3 is 30.9 Å². The van der Waals surface area contributed by atoms with Gasteiger partial charge in [-0.05, 0) is 17.9 Å². The molecule has 0 aromatic carbocycles. The predicted octanol–water partition coefficient (Wildman–Crippen LogP) is -0.170. The van der Waals surface area contributed by atoms with Gasteiger partial charge in [-0.25, -0.2) is 24.0 Å². The van der Waals surface area contributed by atoms with Gasteiger partial charge in [0.05, 0.1) is 6.61 Å². The number of carbonyl (C=O) groups excluding carboxylic acids is 1. The Kier molecular flexibility index (Phi) is 60.9. The van der Waals surface area contributed by atoms with E-state index in [4.69, 9.17) is 20.4 Å². The van der Waals surface area contributed by atoms with Crippen LogP contribution in [0, 0.1) is 0 Å². The van der Waals surface area contributed by atoms with Crippen LogP contribution < -0.4 is 5.73 Å². The number of carboxylic acids is 4. The molecule has 0 spiro atoms. The first-order valence-corrected chi connectivity index (χ1v) is 6.19. The lowest BCUT2D eigenvalue weighted by atomic mass is 10.7. The molecule has 28 heavy (non-hydrogen) atoms. The fourth-order valence-electron chi connectivity index (χ4n) is 0.142. The normalized spacial score (nSPS) is 6.18. The number of carboxylic acid groups (broad SMARTS) is 4. The lowest BCUT2D eigenvalue weighted by Crippen LogP contribution is -2.11. The van der Waals surface area contributed by atoms with Gasteiger partial charge in [-0.3, -0.25) is 4.70 Å². The molecule has 0 unspecified atom stereocenters. The fourth-order valence-corrected chi connectivity index (χ4v) is 0.142. The van der Waals surface area contributed by atoms with Gasteiger partial charge in [-0.1, -0.05) is 26.3 Å².